The highest BCUT2D eigenvalue weighted by atomic mass is 31.0. The van der Waals surface area contributed by atoms with Gasteiger partial charge in [-0.3, -0.25) is 9.59 Å². The van der Waals surface area contributed by atoms with Crippen molar-refractivity contribution >= 4 is 26.9 Å². The van der Waals surface area contributed by atoms with Gasteiger partial charge in [-0.05, 0) is 55.3 Å². The second kappa shape index (κ2) is 9.70. The van der Waals surface area contributed by atoms with Crippen molar-refractivity contribution in [2.24, 2.45) is 5.41 Å². The van der Waals surface area contributed by atoms with Crippen LogP contribution in [-0.2, 0) is 9.59 Å². The van der Waals surface area contributed by atoms with E-state index in [1.165, 1.54) is 0 Å². The van der Waals surface area contributed by atoms with Gasteiger partial charge in [0.25, 0.3) is 0 Å². The third-order valence-corrected chi connectivity index (χ3v) is 8.29. The van der Waals surface area contributed by atoms with Crippen LogP contribution in [0.15, 0.2) is 55.0 Å². The summed E-state index contributed by atoms with van der Waals surface area (Å²) in [5, 5.41) is 1.12. The Morgan fingerprint density at radius 1 is 1.22 bits per heavy atom. The minimum Gasteiger partial charge on any atom is -0.495 e. The molecule has 0 bridgehead atoms. The summed E-state index contributed by atoms with van der Waals surface area (Å²) in [6.07, 6.45) is 6.28. The Kier molecular flexibility index (Phi) is 6.60. The number of aromatic nitrogens is 2. The van der Waals surface area contributed by atoms with Crippen LogP contribution in [0.4, 0.5) is 0 Å². The highest BCUT2D eigenvalue weighted by Crippen LogP contribution is 2.51. The second-order valence-corrected chi connectivity index (χ2v) is 10.7. The number of hydrogen-bond donors (Lipinski definition) is 0. The molecule has 4 atom stereocenters. The fourth-order valence-corrected chi connectivity index (χ4v) is 6.17. The zero-order valence-corrected chi connectivity index (χ0v) is 22.2. The molecule has 8 heteroatoms. The number of amides is 2. The van der Waals surface area contributed by atoms with Gasteiger partial charge in [0, 0.05) is 31.7 Å². The molecule has 1 spiro atoms. The Morgan fingerprint density at radius 2 is 2.00 bits per heavy atom. The average Bonchev–Trinajstić information content (AvgIpc) is 3.49. The predicted molar refractivity (Wildman–Crippen MR) is 143 cm³/mol. The molecule has 36 heavy (non-hydrogen) atoms. The lowest BCUT2D eigenvalue weighted by molar-refractivity contribution is -0.149. The number of benzene rings is 2. The van der Waals surface area contributed by atoms with Gasteiger partial charge in [-0.15, -0.1) is 9.24 Å². The lowest BCUT2D eigenvalue weighted by atomic mass is 9.68. The molecule has 3 aromatic rings. The van der Waals surface area contributed by atoms with Crippen molar-refractivity contribution in [3.8, 4) is 11.4 Å². The molecule has 2 aliphatic rings. The lowest BCUT2D eigenvalue weighted by Gasteiger charge is -2.45. The summed E-state index contributed by atoms with van der Waals surface area (Å²) in [7, 11) is 4.36. The van der Waals surface area contributed by atoms with Gasteiger partial charge in [0.2, 0.25) is 12.3 Å². The molecule has 188 valence electrons. The van der Waals surface area contributed by atoms with E-state index in [1.807, 2.05) is 34.7 Å². The van der Waals surface area contributed by atoms with E-state index in [-0.39, 0.29) is 17.9 Å². The molecule has 2 fully saturated rings. The summed E-state index contributed by atoms with van der Waals surface area (Å²) in [5.74, 6) is 0.751. The number of likely N-dealkylation sites (tertiary alicyclic amines) is 2. The Morgan fingerprint density at radius 3 is 2.67 bits per heavy atom. The number of aryl methyl sites for hydroxylation is 1. The van der Waals surface area contributed by atoms with Crippen LogP contribution in [0.25, 0.3) is 5.69 Å². The maximum atomic E-state index is 14.3. The third-order valence-electron chi connectivity index (χ3n) is 7.91. The van der Waals surface area contributed by atoms with Crippen LogP contribution in [0, 0.1) is 12.3 Å². The fraction of sp³-hybridized carbons (Fsp3) is 0.393. The molecule has 0 radical (unpaired) electrons. The third kappa shape index (κ3) is 4.20. The summed E-state index contributed by atoms with van der Waals surface area (Å²) in [4.78, 5) is 34.3. The number of imidazole rings is 1. The van der Waals surface area contributed by atoms with Crippen molar-refractivity contribution in [2.75, 3.05) is 26.7 Å². The number of hydrogen-bond acceptors (Lipinski definition) is 4. The summed E-state index contributed by atoms with van der Waals surface area (Å²) in [6.45, 7) is 5.73. The summed E-state index contributed by atoms with van der Waals surface area (Å²) < 4.78 is 7.70. The van der Waals surface area contributed by atoms with E-state index in [0.717, 1.165) is 59.4 Å². The first-order chi connectivity index (χ1) is 17.4. The van der Waals surface area contributed by atoms with Crippen LogP contribution in [0.3, 0.4) is 0 Å². The molecule has 3 heterocycles. The van der Waals surface area contributed by atoms with E-state index in [4.69, 9.17) is 4.74 Å². The molecule has 7 nitrogen and oxygen atoms in total. The first kappa shape index (κ1) is 24.5. The number of rotatable bonds is 6. The van der Waals surface area contributed by atoms with Crippen LogP contribution in [-0.4, -0.2) is 58.4 Å². The van der Waals surface area contributed by atoms with Crippen LogP contribution in [0.1, 0.15) is 48.5 Å². The van der Waals surface area contributed by atoms with Gasteiger partial charge in [-0.1, -0.05) is 30.3 Å². The topological polar surface area (TPSA) is 67.7 Å². The van der Waals surface area contributed by atoms with Gasteiger partial charge in [0.05, 0.1) is 36.3 Å². The van der Waals surface area contributed by atoms with Gasteiger partial charge < -0.3 is 19.1 Å². The summed E-state index contributed by atoms with van der Waals surface area (Å²) in [6, 6.07) is 14.4. The van der Waals surface area contributed by atoms with Gasteiger partial charge in [0.15, 0.2) is 0 Å². The Hall–Kier alpha value is -3.18. The molecule has 0 saturated carbocycles. The Bertz CT molecular complexity index is 1270. The van der Waals surface area contributed by atoms with Gasteiger partial charge in [0.1, 0.15) is 5.75 Å². The largest absolute Gasteiger partial charge is 0.495 e. The normalized spacial score (nSPS) is 22.8. The first-order valence-electron chi connectivity index (χ1n) is 12.4. The molecular formula is C28H33N4O3P. The maximum absolute atomic E-state index is 14.3. The smallest absolute Gasteiger partial charge is 0.231 e. The number of methoxy groups -OCH3 is 1. The average molecular weight is 505 g/mol. The van der Waals surface area contributed by atoms with Crippen molar-refractivity contribution < 1.29 is 14.3 Å². The van der Waals surface area contributed by atoms with E-state index < -0.39 is 5.41 Å². The lowest BCUT2D eigenvalue weighted by Crippen LogP contribution is -2.52. The van der Waals surface area contributed by atoms with E-state index in [1.54, 1.807) is 18.3 Å². The predicted octanol–water partition coefficient (Wildman–Crippen LogP) is 3.62. The summed E-state index contributed by atoms with van der Waals surface area (Å²) in [5.41, 5.74) is 3.31. The number of nitrogens with zero attached hydrogens (tertiary/aromatic N) is 4. The molecule has 2 aliphatic heterocycles. The molecule has 5 rings (SSSR count). The molecule has 2 amide bonds. The van der Waals surface area contributed by atoms with Crippen molar-refractivity contribution in [3.05, 3.63) is 71.8 Å². The second-order valence-electron chi connectivity index (χ2n) is 10.0. The minimum absolute atomic E-state index is 0.0346. The number of carbonyl (C=O) groups is 2. The van der Waals surface area contributed by atoms with E-state index in [0.29, 0.717) is 13.1 Å². The Balaban J connectivity index is 1.51. The highest BCUT2D eigenvalue weighted by molar-refractivity contribution is 7.27. The molecule has 0 N–H and O–H groups in total. The van der Waals surface area contributed by atoms with Gasteiger partial charge in [-0.25, -0.2) is 4.98 Å². The quantitative estimate of drug-likeness (QED) is 0.380. The maximum Gasteiger partial charge on any atom is 0.231 e. The minimum atomic E-state index is -0.647. The monoisotopic (exact) mass is 504 g/mol. The van der Waals surface area contributed by atoms with Crippen LogP contribution < -0.4 is 10.0 Å². The number of ether oxygens (including phenoxy) is 1. The fourth-order valence-electron chi connectivity index (χ4n) is 5.98. The molecule has 1 aromatic heterocycles. The zero-order valence-electron chi connectivity index (χ0n) is 21.1. The zero-order chi connectivity index (χ0) is 25.4. The molecular weight excluding hydrogens is 471 g/mol. The molecule has 2 aromatic carbocycles. The van der Waals surface area contributed by atoms with Crippen molar-refractivity contribution in [1.82, 2.24) is 19.4 Å². The standard InChI is InChI=1S/C28H33N4O3P/c1-19-14-31(17-29-19)25-10-7-22(13-26(25)35-3)24-15-30(18-33)16-28(24)11-4-12-32(27(28)34)20(2)21-5-8-23(36)9-6-21/h5-10,13-14,17-18,20,24H,4,11-12,15-16,36H2,1-3H3. The van der Waals surface area contributed by atoms with Crippen molar-refractivity contribution in [3.63, 3.8) is 0 Å². The van der Waals surface area contributed by atoms with Crippen molar-refractivity contribution in [2.45, 2.75) is 38.6 Å². The van der Waals surface area contributed by atoms with Gasteiger partial charge in [-0.2, -0.15) is 0 Å². The van der Waals surface area contributed by atoms with Crippen LogP contribution in [0.2, 0.25) is 0 Å². The van der Waals surface area contributed by atoms with E-state index in [2.05, 4.69) is 51.5 Å². The molecule has 0 aliphatic carbocycles. The van der Waals surface area contributed by atoms with Crippen LogP contribution in [0.5, 0.6) is 5.75 Å². The first-order valence-corrected chi connectivity index (χ1v) is 13.0. The SMILES string of the molecule is COc1cc(C2CN(C=O)CC23CCCN(C(C)c2ccc(P)cc2)C3=O)ccc1-n1cnc(C)c1. The molecule has 4 unspecified atom stereocenters. The van der Waals surface area contributed by atoms with Crippen LogP contribution >= 0.6 is 9.24 Å². The molecule has 2 saturated heterocycles. The highest BCUT2D eigenvalue weighted by Gasteiger charge is 2.55. The van der Waals surface area contributed by atoms with E-state index >= 15 is 0 Å². The number of piperidine rings is 1. The summed E-state index contributed by atoms with van der Waals surface area (Å²) >= 11 is 0. The van der Waals surface area contributed by atoms with Crippen molar-refractivity contribution in [1.29, 1.82) is 0 Å². The van der Waals surface area contributed by atoms with E-state index in [9.17, 15) is 9.59 Å². The van der Waals surface area contributed by atoms with Gasteiger partial charge >= 0.3 is 0 Å². The number of carbonyl (C=O) groups excluding carboxylic acids is 2. The Labute approximate surface area is 214 Å².